The molecule has 28 heavy (non-hydrogen) atoms. The predicted octanol–water partition coefficient (Wildman–Crippen LogP) is 4.23. The Bertz CT molecular complexity index is 793. The lowest BCUT2D eigenvalue weighted by Gasteiger charge is -2.65. The van der Waals surface area contributed by atoms with E-state index in [4.69, 9.17) is 5.73 Å². The van der Waals surface area contributed by atoms with Crippen molar-refractivity contribution in [2.75, 3.05) is 0 Å². The van der Waals surface area contributed by atoms with Crippen LogP contribution >= 0.6 is 0 Å². The zero-order valence-electron chi connectivity index (χ0n) is 16.6. The summed E-state index contributed by atoms with van der Waals surface area (Å²) in [5.41, 5.74) is 6.45. The largest absolute Gasteiger partial charge is 0.351 e. The molecular weight excluding hydrogens is 365 g/mol. The normalized spacial score (nSPS) is 37.1. The summed E-state index contributed by atoms with van der Waals surface area (Å²) in [4.78, 5) is 12.7. The molecule has 0 heterocycles. The first kappa shape index (κ1) is 19.7. The van der Waals surface area contributed by atoms with Crippen LogP contribution in [0.15, 0.2) is 12.1 Å². The summed E-state index contributed by atoms with van der Waals surface area (Å²) in [6.07, 6.45) is 6.78. The van der Waals surface area contributed by atoms with Crippen molar-refractivity contribution in [3.8, 4) is 0 Å². The molecule has 4 fully saturated rings. The minimum atomic E-state index is -1.23. The lowest BCUT2D eigenvalue weighted by molar-refractivity contribution is -0.139. The second-order valence-electron chi connectivity index (χ2n) is 10.5. The van der Waals surface area contributed by atoms with Crippen LogP contribution in [0.1, 0.15) is 64.4 Å². The van der Waals surface area contributed by atoms with Crippen LogP contribution in [0.5, 0.6) is 0 Å². The van der Waals surface area contributed by atoms with Gasteiger partial charge in [0.15, 0.2) is 11.6 Å². The predicted molar refractivity (Wildman–Crippen MR) is 101 cm³/mol. The molecule has 3 nitrogen and oxygen atoms in total. The zero-order chi connectivity index (χ0) is 20.3. The molecule has 154 valence electrons. The van der Waals surface area contributed by atoms with Gasteiger partial charge in [-0.15, -0.1) is 0 Å². The van der Waals surface area contributed by atoms with Gasteiger partial charge in [0.05, 0.1) is 0 Å². The lowest BCUT2D eigenvalue weighted by Crippen LogP contribution is -2.65. The minimum Gasteiger partial charge on any atom is -0.351 e. The number of nitrogens with two attached hydrogens (primary N) is 1. The van der Waals surface area contributed by atoms with Gasteiger partial charge in [-0.3, -0.25) is 4.79 Å². The highest BCUT2D eigenvalue weighted by molar-refractivity contribution is 5.77. The molecule has 0 aliphatic heterocycles. The van der Waals surface area contributed by atoms with Crippen molar-refractivity contribution in [2.45, 2.75) is 76.8 Å². The third-order valence-electron chi connectivity index (χ3n) is 7.05. The molecule has 6 heteroatoms. The molecule has 4 saturated carbocycles. The molecule has 1 aromatic rings. The maximum Gasteiger partial charge on any atom is 0.221 e. The summed E-state index contributed by atoms with van der Waals surface area (Å²) in [6, 6.07) is 0.691. The van der Waals surface area contributed by atoms with Gasteiger partial charge >= 0.3 is 0 Å². The molecule has 0 radical (unpaired) electrons. The van der Waals surface area contributed by atoms with Crippen LogP contribution in [0.2, 0.25) is 0 Å². The van der Waals surface area contributed by atoms with Gasteiger partial charge in [0.1, 0.15) is 5.82 Å². The Kier molecular flexibility index (Phi) is 4.57. The molecule has 4 aliphatic rings. The van der Waals surface area contributed by atoms with E-state index in [1.807, 2.05) is 0 Å². The summed E-state index contributed by atoms with van der Waals surface area (Å²) in [6.45, 7) is 4.68. The first-order valence-electron chi connectivity index (χ1n) is 10.2. The third-order valence-corrected chi connectivity index (χ3v) is 7.05. The highest BCUT2D eigenvalue weighted by atomic mass is 19.2. The van der Waals surface area contributed by atoms with Crippen LogP contribution in [-0.4, -0.2) is 17.5 Å². The highest BCUT2D eigenvalue weighted by Crippen LogP contribution is 2.66. The Hall–Kier alpha value is -1.56. The number of nitrogens with one attached hydrogen (secondary N) is 1. The van der Waals surface area contributed by atoms with Crippen molar-refractivity contribution >= 4 is 5.91 Å². The van der Waals surface area contributed by atoms with Crippen LogP contribution < -0.4 is 11.1 Å². The van der Waals surface area contributed by atoms with E-state index >= 15 is 0 Å². The number of carbonyl (C=O) groups is 1. The molecule has 3 N–H and O–H groups in total. The van der Waals surface area contributed by atoms with Crippen molar-refractivity contribution in [1.29, 1.82) is 0 Å². The van der Waals surface area contributed by atoms with Crippen LogP contribution in [0.25, 0.3) is 0 Å². The second-order valence-corrected chi connectivity index (χ2v) is 10.5. The summed E-state index contributed by atoms with van der Waals surface area (Å²) in [7, 11) is 0. The minimum absolute atomic E-state index is 0.00553. The third kappa shape index (κ3) is 3.68. The van der Waals surface area contributed by atoms with Gasteiger partial charge in [0.25, 0.3) is 0 Å². The number of hydrogen-bond donors (Lipinski definition) is 2. The molecule has 2 unspecified atom stereocenters. The second kappa shape index (κ2) is 6.48. The molecule has 4 bridgehead atoms. The van der Waals surface area contributed by atoms with Gasteiger partial charge in [0, 0.05) is 24.1 Å². The zero-order valence-corrected chi connectivity index (χ0v) is 16.6. The Morgan fingerprint density at radius 3 is 2.29 bits per heavy atom. The summed E-state index contributed by atoms with van der Waals surface area (Å²) < 4.78 is 40.3. The van der Waals surface area contributed by atoms with Gasteiger partial charge in [-0.1, -0.05) is 13.8 Å². The average molecular weight is 394 g/mol. The van der Waals surface area contributed by atoms with Crippen LogP contribution in [-0.2, 0) is 11.2 Å². The molecule has 1 amide bonds. The van der Waals surface area contributed by atoms with Crippen LogP contribution in [0.4, 0.5) is 13.2 Å². The molecule has 0 saturated heterocycles. The van der Waals surface area contributed by atoms with E-state index in [1.165, 1.54) is 19.3 Å². The quantitative estimate of drug-likeness (QED) is 0.735. The maximum absolute atomic E-state index is 13.8. The monoisotopic (exact) mass is 394 g/mol. The van der Waals surface area contributed by atoms with E-state index in [0.29, 0.717) is 22.8 Å². The maximum atomic E-state index is 13.8. The van der Waals surface area contributed by atoms with E-state index in [2.05, 4.69) is 19.2 Å². The van der Waals surface area contributed by atoms with Crippen molar-refractivity contribution in [3.63, 3.8) is 0 Å². The number of halogens is 3. The van der Waals surface area contributed by atoms with Gasteiger partial charge in [-0.2, -0.15) is 0 Å². The number of hydrogen-bond acceptors (Lipinski definition) is 2. The molecule has 0 aromatic heterocycles. The van der Waals surface area contributed by atoms with Crippen molar-refractivity contribution < 1.29 is 18.0 Å². The Morgan fingerprint density at radius 1 is 1.07 bits per heavy atom. The number of amides is 1. The first-order chi connectivity index (χ1) is 13.0. The average Bonchev–Trinajstić information content (AvgIpc) is 2.47. The van der Waals surface area contributed by atoms with E-state index < -0.39 is 23.5 Å². The summed E-state index contributed by atoms with van der Waals surface area (Å²) >= 11 is 0. The van der Waals surface area contributed by atoms with Gasteiger partial charge in [-0.25, -0.2) is 13.2 Å². The fourth-order valence-corrected chi connectivity index (χ4v) is 7.25. The van der Waals surface area contributed by atoms with E-state index in [9.17, 15) is 18.0 Å². The number of benzene rings is 1. The molecule has 0 spiro atoms. The van der Waals surface area contributed by atoms with Crippen molar-refractivity contribution in [2.24, 2.45) is 22.5 Å². The number of rotatable bonds is 5. The molecule has 3 atom stereocenters. The topological polar surface area (TPSA) is 55.1 Å². The van der Waals surface area contributed by atoms with Crippen molar-refractivity contribution in [3.05, 3.63) is 35.1 Å². The van der Waals surface area contributed by atoms with Gasteiger partial charge in [0.2, 0.25) is 5.91 Å². The Morgan fingerprint density at radius 2 is 1.68 bits per heavy atom. The summed E-state index contributed by atoms with van der Waals surface area (Å²) in [5, 5.41) is 3.28. The fraction of sp³-hybridized carbons (Fsp3) is 0.682. The van der Waals surface area contributed by atoms with Crippen LogP contribution in [0, 0.1) is 34.2 Å². The smallest absolute Gasteiger partial charge is 0.221 e. The highest BCUT2D eigenvalue weighted by Gasteiger charge is 2.60. The van der Waals surface area contributed by atoms with Gasteiger partial charge < -0.3 is 11.1 Å². The summed E-state index contributed by atoms with van der Waals surface area (Å²) in [5.74, 6) is -2.64. The standard InChI is InChI=1S/C22H29F3N2O/c1-20-7-13-8-21(2,10-20)12-22(9-13,11-20)27-19(28)5-15(26)3-14-4-17(24)18(25)6-16(14)23/h4,6,13,15H,3,5,7-12,26H2,1-2H3,(H,27,28)/t13?,15-,20?,21?,22?/m1/s1. The number of carbonyl (C=O) groups excluding carboxylic acids is 1. The van der Waals surface area contributed by atoms with E-state index in [1.54, 1.807) is 0 Å². The Labute approximate surface area is 164 Å². The molecular formula is C22H29F3N2O. The molecule has 5 rings (SSSR count). The first-order valence-corrected chi connectivity index (χ1v) is 10.2. The van der Waals surface area contributed by atoms with Crippen molar-refractivity contribution in [1.82, 2.24) is 5.32 Å². The van der Waals surface area contributed by atoms with E-state index in [0.717, 1.165) is 25.3 Å². The lowest BCUT2D eigenvalue weighted by atomic mass is 9.43. The Balaban J connectivity index is 1.40. The SMILES string of the molecule is CC12CC3CC(C)(C1)CC(NC(=O)C[C@H](N)Cc1cc(F)c(F)cc1F)(C3)C2. The fourth-order valence-electron chi connectivity index (χ4n) is 7.25. The van der Waals surface area contributed by atoms with Gasteiger partial charge in [-0.05, 0) is 73.3 Å². The molecule has 1 aromatic carbocycles. The van der Waals surface area contributed by atoms with Crippen LogP contribution in [0.3, 0.4) is 0 Å². The molecule has 4 aliphatic carbocycles. The van der Waals surface area contributed by atoms with E-state index in [-0.39, 0.29) is 29.9 Å².